The molecule has 1 unspecified atom stereocenters. The van der Waals surface area contributed by atoms with Crippen LogP contribution in [0.25, 0.3) is 0 Å². The van der Waals surface area contributed by atoms with Gasteiger partial charge in [-0.25, -0.2) is 0 Å². The highest BCUT2D eigenvalue weighted by Crippen LogP contribution is 2.24. The van der Waals surface area contributed by atoms with E-state index in [1.165, 1.54) is 29.9 Å². The number of carbonyl (C=O) groups is 1. The van der Waals surface area contributed by atoms with Gasteiger partial charge in [-0.15, -0.1) is 11.3 Å². The van der Waals surface area contributed by atoms with Gasteiger partial charge in [0.2, 0.25) is 0 Å². The summed E-state index contributed by atoms with van der Waals surface area (Å²) in [4.78, 5) is 12.8. The maximum absolute atomic E-state index is 10.6. The molecular weight excluding hydrogens is 266 g/mol. The predicted octanol–water partition coefficient (Wildman–Crippen LogP) is 2.75. The molecule has 0 spiro atoms. The standard InChI is InChI=1S/C13H19NO2S2/c15-13(16)7-10-4-5-12(18-10)9-14-8-11-3-1-2-6-17-11/h4-5,11,14H,1-3,6-9H2,(H,15,16). The Balaban J connectivity index is 1.69. The van der Waals surface area contributed by atoms with Crippen molar-refractivity contribution < 1.29 is 9.90 Å². The SMILES string of the molecule is O=C(O)Cc1ccc(CNCC2CCCCS2)s1. The lowest BCUT2D eigenvalue weighted by Crippen LogP contribution is -2.26. The topological polar surface area (TPSA) is 49.3 Å². The van der Waals surface area contributed by atoms with Crippen LogP contribution in [0, 0.1) is 0 Å². The fourth-order valence-corrected chi connectivity index (χ4v) is 4.34. The molecule has 1 saturated heterocycles. The van der Waals surface area contributed by atoms with E-state index < -0.39 is 5.97 Å². The summed E-state index contributed by atoms with van der Waals surface area (Å²) in [5, 5.41) is 13.0. The van der Waals surface area contributed by atoms with Crippen molar-refractivity contribution in [3.63, 3.8) is 0 Å². The molecule has 5 heteroatoms. The van der Waals surface area contributed by atoms with Crippen molar-refractivity contribution in [1.29, 1.82) is 0 Å². The Kier molecular flexibility index (Phi) is 5.53. The van der Waals surface area contributed by atoms with Crippen LogP contribution in [-0.2, 0) is 17.8 Å². The van der Waals surface area contributed by atoms with Gasteiger partial charge in [0.25, 0.3) is 0 Å². The number of nitrogens with one attached hydrogen (secondary N) is 1. The summed E-state index contributed by atoms with van der Waals surface area (Å²) in [5.41, 5.74) is 0. The van der Waals surface area contributed by atoms with Crippen molar-refractivity contribution in [2.75, 3.05) is 12.3 Å². The van der Waals surface area contributed by atoms with Crippen LogP contribution in [0.1, 0.15) is 29.0 Å². The molecule has 2 rings (SSSR count). The molecule has 0 radical (unpaired) electrons. The van der Waals surface area contributed by atoms with Crippen molar-refractivity contribution in [3.8, 4) is 0 Å². The molecule has 2 heterocycles. The van der Waals surface area contributed by atoms with Gasteiger partial charge in [0, 0.05) is 28.1 Å². The molecule has 1 aliphatic heterocycles. The van der Waals surface area contributed by atoms with Crippen molar-refractivity contribution >= 4 is 29.1 Å². The zero-order chi connectivity index (χ0) is 12.8. The van der Waals surface area contributed by atoms with Gasteiger partial charge < -0.3 is 10.4 Å². The molecule has 1 aromatic heterocycles. The third-order valence-electron chi connectivity index (χ3n) is 2.99. The van der Waals surface area contributed by atoms with Crippen molar-refractivity contribution in [2.24, 2.45) is 0 Å². The zero-order valence-corrected chi connectivity index (χ0v) is 12.0. The average Bonchev–Trinajstić information content (AvgIpc) is 2.77. The van der Waals surface area contributed by atoms with Crippen LogP contribution in [0.15, 0.2) is 12.1 Å². The molecule has 0 aromatic carbocycles. The summed E-state index contributed by atoms with van der Waals surface area (Å²) in [5.74, 6) is 0.545. The maximum Gasteiger partial charge on any atom is 0.308 e. The molecule has 3 nitrogen and oxygen atoms in total. The number of thioether (sulfide) groups is 1. The second kappa shape index (κ2) is 7.16. The van der Waals surface area contributed by atoms with Gasteiger partial charge in [-0.05, 0) is 30.7 Å². The molecule has 2 N–H and O–H groups in total. The van der Waals surface area contributed by atoms with Crippen LogP contribution in [0.5, 0.6) is 0 Å². The molecule has 1 atom stereocenters. The zero-order valence-electron chi connectivity index (χ0n) is 10.4. The summed E-state index contributed by atoms with van der Waals surface area (Å²) < 4.78 is 0. The van der Waals surface area contributed by atoms with Gasteiger partial charge in [0.1, 0.15) is 0 Å². The predicted molar refractivity (Wildman–Crippen MR) is 77.5 cm³/mol. The molecular formula is C13H19NO2S2. The fourth-order valence-electron chi connectivity index (χ4n) is 2.09. The van der Waals surface area contributed by atoms with E-state index in [4.69, 9.17) is 5.11 Å². The Labute approximate surface area is 116 Å². The molecule has 0 amide bonds. The number of rotatable bonds is 6. The minimum Gasteiger partial charge on any atom is -0.481 e. The minimum atomic E-state index is -0.755. The molecule has 1 aromatic rings. The normalized spacial score (nSPS) is 19.9. The molecule has 1 aliphatic rings. The first-order valence-corrected chi connectivity index (χ1v) is 8.22. The highest BCUT2D eigenvalue weighted by atomic mass is 32.2. The van der Waals surface area contributed by atoms with E-state index in [2.05, 4.69) is 17.1 Å². The van der Waals surface area contributed by atoms with Crippen LogP contribution in [0.2, 0.25) is 0 Å². The Bertz CT molecular complexity index is 386. The van der Waals surface area contributed by atoms with Gasteiger partial charge in [-0.1, -0.05) is 6.42 Å². The van der Waals surface area contributed by atoms with Gasteiger partial charge in [-0.3, -0.25) is 4.79 Å². The van der Waals surface area contributed by atoms with Crippen LogP contribution in [0.3, 0.4) is 0 Å². The molecule has 0 bridgehead atoms. The lowest BCUT2D eigenvalue weighted by molar-refractivity contribution is -0.136. The average molecular weight is 285 g/mol. The van der Waals surface area contributed by atoms with E-state index in [0.29, 0.717) is 0 Å². The lowest BCUT2D eigenvalue weighted by Gasteiger charge is -2.21. The molecule has 0 aliphatic carbocycles. The van der Waals surface area contributed by atoms with E-state index in [1.54, 1.807) is 11.3 Å². The lowest BCUT2D eigenvalue weighted by atomic mass is 10.2. The Morgan fingerprint density at radius 2 is 2.22 bits per heavy atom. The Hall–Kier alpha value is -0.520. The summed E-state index contributed by atoms with van der Waals surface area (Å²) in [6, 6.07) is 3.95. The molecule has 100 valence electrons. The number of carboxylic acids is 1. The third kappa shape index (κ3) is 4.63. The maximum atomic E-state index is 10.6. The Morgan fingerprint density at radius 1 is 1.39 bits per heavy atom. The highest BCUT2D eigenvalue weighted by Gasteiger charge is 2.13. The van der Waals surface area contributed by atoms with E-state index in [9.17, 15) is 4.79 Å². The summed E-state index contributed by atoms with van der Waals surface area (Å²) >= 11 is 3.67. The monoisotopic (exact) mass is 285 g/mol. The fraction of sp³-hybridized carbons (Fsp3) is 0.615. The molecule has 18 heavy (non-hydrogen) atoms. The number of hydrogen-bond donors (Lipinski definition) is 2. The van der Waals surface area contributed by atoms with E-state index >= 15 is 0 Å². The van der Waals surface area contributed by atoms with Crippen LogP contribution < -0.4 is 5.32 Å². The molecule has 0 saturated carbocycles. The number of carboxylic acid groups (broad SMARTS) is 1. The van der Waals surface area contributed by atoms with Gasteiger partial charge in [-0.2, -0.15) is 11.8 Å². The van der Waals surface area contributed by atoms with Crippen LogP contribution in [0.4, 0.5) is 0 Å². The van der Waals surface area contributed by atoms with Gasteiger partial charge >= 0.3 is 5.97 Å². The first kappa shape index (κ1) is 13.9. The second-order valence-electron chi connectivity index (χ2n) is 4.56. The largest absolute Gasteiger partial charge is 0.481 e. The van der Waals surface area contributed by atoms with Crippen LogP contribution >= 0.6 is 23.1 Å². The van der Waals surface area contributed by atoms with E-state index in [0.717, 1.165) is 23.2 Å². The Morgan fingerprint density at radius 3 is 2.94 bits per heavy atom. The van der Waals surface area contributed by atoms with Crippen LogP contribution in [-0.4, -0.2) is 28.6 Å². The van der Waals surface area contributed by atoms with Gasteiger partial charge in [0.05, 0.1) is 6.42 Å². The summed E-state index contributed by atoms with van der Waals surface area (Å²) in [6.07, 6.45) is 4.20. The second-order valence-corrected chi connectivity index (χ2v) is 7.22. The quantitative estimate of drug-likeness (QED) is 0.844. The van der Waals surface area contributed by atoms with Crippen molar-refractivity contribution in [1.82, 2.24) is 5.32 Å². The summed E-state index contributed by atoms with van der Waals surface area (Å²) in [7, 11) is 0. The minimum absolute atomic E-state index is 0.142. The van der Waals surface area contributed by atoms with Crippen molar-refractivity contribution in [3.05, 3.63) is 21.9 Å². The number of aliphatic carboxylic acids is 1. The first-order valence-electron chi connectivity index (χ1n) is 6.36. The van der Waals surface area contributed by atoms with Gasteiger partial charge in [0.15, 0.2) is 0 Å². The van der Waals surface area contributed by atoms with E-state index in [-0.39, 0.29) is 6.42 Å². The van der Waals surface area contributed by atoms with Crippen molar-refractivity contribution in [2.45, 2.75) is 37.5 Å². The smallest absolute Gasteiger partial charge is 0.308 e. The number of hydrogen-bond acceptors (Lipinski definition) is 4. The highest BCUT2D eigenvalue weighted by molar-refractivity contribution is 7.99. The first-order chi connectivity index (χ1) is 8.74. The molecule has 1 fully saturated rings. The summed E-state index contributed by atoms with van der Waals surface area (Å²) in [6.45, 7) is 1.93. The number of thiophene rings is 1. The van der Waals surface area contributed by atoms with E-state index in [1.807, 2.05) is 12.1 Å². The third-order valence-corrected chi connectivity index (χ3v) is 5.47.